The zero-order chi connectivity index (χ0) is 9.26. The van der Waals surface area contributed by atoms with E-state index in [0.29, 0.717) is 5.92 Å². The molecule has 13 heavy (non-hydrogen) atoms. The Kier molecular flexibility index (Phi) is 2.56. The van der Waals surface area contributed by atoms with E-state index < -0.39 is 0 Å². The maximum atomic E-state index is 6.11. The minimum Gasteiger partial charge on any atom is -0.324 e. The lowest BCUT2D eigenvalue weighted by Gasteiger charge is -2.31. The molecule has 1 aliphatic carbocycles. The van der Waals surface area contributed by atoms with Gasteiger partial charge in [0.05, 0.1) is 0 Å². The van der Waals surface area contributed by atoms with E-state index in [1.807, 2.05) is 18.2 Å². The number of benzene rings is 1. The number of hydrogen-bond donors (Lipinski definition) is 1. The van der Waals surface area contributed by atoms with E-state index in [0.717, 1.165) is 5.02 Å². The van der Waals surface area contributed by atoms with Gasteiger partial charge in [-0.2, -0.15) is 0 Å². The average molecular weight is 196 g/mol. The molecule has 0 amide bonds. The first-order valence-corrected chi connectivity index (χ1v) is 5.16. The van der Waals surface area contributed by atoms with E-state index in [4.69, 9.17) is 17.3 Å². The second-order valence-corrected chi connectivity index (χ2v) is 4.21. The fourth-order valence-corrected chi connectivity index (χ4v) is 1.98. The van der Waals surface area contributed by atoms with Gasteiger partial charge in [-0.15, -0.1) is 0 Å². The summed E-state index contributed by atoms with van der Waals surface area (Å²) in [5.74, 6) is 0.679. The Morgan fingerprint density at radius 2 is 2.15 bits per heavy atom. The molecule has 1 aromatic rings. The van der Waals surface area contributed by atoms with E-state index in [1.54, 1.807) is 0 Å². The SMILES string of the molecule is N[C@H](c1cccc(Cl)c1)C1CCC1. The van der Waals surface area contributed by atoms with Crippen LogP contribution in [0.1, 0.15) is 30.9 Å². The smallest absolute Gasteiger partial charge is 0.0409 e. The third-order valence-corrected chi connectivity index (χ3v) is 3.13. The fraction of sp³-hybridized carbons (Fsp3) is 0.455. The van der Waals surface area contributed by atoms with E-state index in [2.05, 4.69) is 6.07 Å². The Labute approximate surface area is 83.9 Å². The Morgan fingerprint density at radius 3 is 2.69 bits per heavy atom. The largest absolute Gasteiger partial charge is 0.324 e. The van der Waals surface area contributed by atoms with Crippen LogP contribution in [0.4, 0.5) is 0 Å². The van der Waals surface area contributed by atoms with Crippen molar-refractivity contribution in [1.29, 1.82) is 0 Å². The highest BCUT2D eigenvalue weighted by molar-refractivity contribution is 6.30. The normalized spacial score (nSPS) is 19.5. The van der Waals surface area contributed by atoms with Gasteiger partial charge in [-0.25, -0.2) is 0 Å². The second-order valence-electron chi connectivity index (χ2n) is 3.77. The van der Waals surface area contributed by atoms with Gasteiger partial charge in [0.1, 0.15) is 0 Å². The molecule has 0 aliphatic heterocycles. The summed E-state index contributed by atoms with van der Waals surface area (Å²) < 4.78 is 0. The summed E-state index contributed by atoms with van der Waals surface area (Å²) in [5.41, 5.74) is 7.29. The van der Waals surface area contributed by atoms with Crippen molar-refractivity contribution in [2.45, 2.75) is 25.3 Å². The fourth-order valence-electron chi connectivity index (χ4n) is 1.79. The van der Waals surface area contributed by atoms with Gasteiger partial charge in [-0.1, -0.05) is 30.2 Å². The molecule has 1 fully saturated rings. The van der Waals surface area contributed by atoms with Gasteiger partial charge in [0.2, 0.25) is 0 Å². The van der Waals surface area contributed by atoms with Crippen molar-refractivity contribution in [2.75, 3.05) is 0 Å². The predicted octanol–water partition coefficient (Wildman–Crippen LogP) is 3.14. The van der Waals surface area contributed by atoms with Crippen LogP contribution in [-0.2, 0) is 0 Å². The van der Waals surface area contributed by atoms with Crippen LogP contribution in [0.5, 0.6) is 0 Å². The van der Waals surface area contributed by atoms with Crippen LogP contribution in [0, 0.1) is 5.92 Å². The first-order valence-electron chi connectivity index (χ1n) is 4.78. The summed E-state index contributed by atoms with van der Waals surface area (Å²) >= 11 is 5.90. The van der Waals surface area contributed by atoms with E-state index >= 15 is 0 Å². The summed E-state index contributed by atoms with van der Waals surface area (Å²) in [6.07, 6.45) is 3.88. The van der Waals surface area contributed by atoms with Crippen molar-refractivity contribution in [3.63, 3.8) is 0 Å². The lowest BCUT2D eigenvalue weighted by Crippen LogP contribution is -2.26. The van der Waals surface area contributed by atoms with Gasteiger partial charge >= 0.3 is 0 Å². The molecule has 0 unspecified atom stereocenters. The van der Waals surface area contributed by atoms with E-state index in [-0.39, 0.29) is 6.04 Å². The maximum absolute atomic E-state index is 6.11. The van der Waals surface area contributed by atoms with Gasteiger partial charge in [0.15, 0.2) is 0 Å². The highest BCUT2D eigenvalue weighted by Gasteiger charge is 2.25. The topological polar surface area (TPSA) is 26.0 Å². The zero-order valence-corrected chi connectivity index (χ0v) is 8.30. The van der Waals surface area contributed by atoms with Crippen molar-refractivity contribution in [3.05, 3.63) is 34.9 Å². The average Bonchev–Trinajstić information content (AvgIpc) is 2.01. The molecule has 0 bridgehead atoms. The molecule has 0 radical (unpaired) electrons. The molecule has 1 nitrogen and oxygen atoms in total. The molecule has 0 heterocycles. The number of hydrogen-bond acceptors (Lipinski definition) is 1. The monoisotopic (exact) mass is 195 g/mol. The molecular formula is C11H14ClN. The molecule has 0 saturated heterocycles. The molecule has 2 rings (SSSR count). The maximum Gasteiger partial charge on any atom is 0.0409 e. The van der Waals surface area contributed by atoms with Crippen molar-refractivity contribution >= 4 is 11.6 Å². The first kappa shape index (κ1) is 9.04. The van der Waals surface area contributed by atoms with Crippen molar-refractivity contribution < 1.29 is 0 Å². The summed E-state index contributed by atoms with van der Waals surface area (Å²) in [4.78, 5) is 0. The van der Waals surface area contributed by atoms with Crippen LogP contribution < -0.4 is 5.73 Å². The first-order chi connectivity index (χ1) is 6.27. The Bertz CT molecular complexity index is 294. The van der Waals surface area contributed by atoms with E-state index in [1.165, 1.54) is 24.8 Å². The lowest BCUT2D eigenvalue weighted by molar-refractivity contribution is 0.264. The van der Waals surface area contributed by atoms with Gasteiger partial charge < -0.3 is 5.73 Å². The summed E-state index contributed by atoms with van der Waals surface area (Å²) in [6, 6.07) is 8.08. The van der Waals surface area contributed by atoms with Crippen LogP contribution in [0.25, 0.3) is 0 Å². The lowest BCUT2D eigenvalue weighted by atomic mass is 9.78. The van der Waals surface area contributed by atoms with Crippen molar-refractivity contribution in [2.24, 2.45) is 11.7 Å². The number of halogens is 1. The van der Waals surface area contributed by atoms with Gasteiger partial charge in [0.25, 0.3) is 0 Å². The van der Waals surface area contributed by atoms with Gasteiger partial charge in [-0.05, 0) is 36.5 Å². The van der Waals surface area contributed by atoms with Crippen LogP contribution >= 0.6 is 11.6 Å². The highest BCUT2D eigenvalue weighted by atomic mass is 35.5. The Morgan fingerprint density at radius 1 is 1.38 bits per heavy atom. The molecule has 70 valence electrons. The third kappa shape index (κ3) is 1.87. The second kappa shape index (κ2) is 3.69. The Hall–Kier alpha value is -0.530. The minimum atomic E-state index is 0.187. The van der Waals surface area contributed by atoms with Crippen LogP contribution in [0.3, 0.4) is 0 Å². The number of nitrogens with two attached hydrogens (primary N) is 1. The molecule has 1 aromatic carbocycles. The molecule has 2 heteroatoms. The van der Waals surface area contributed by atoms with Crippen molar-refractivity contribution in [3.8, 4) is 0 Å². The standard InChI is InChI=1S/C11H14ClN/c12-10-6-2-5-9(7-10)11(13)8-3-1-4-8/h2,5-8,11H,1,3-4,13H2/t11-/m0/s1. The van der Waals surface area contributed by atoms with Crippen LogP contribution in [0.2, 0.25) is 5.02 Å². The number of rotatable bonds is 2. The summed E-state index contributed by atoms with van der Waals surface area (Å²) in [5, 5.41) is 0.785. The molecule has 0 aromatic heterocycles. The van der Waals surface area contributed by atoms with Gasteiger partial charge in [0, 0.05) is 11.1 Å². The minimum absolute atomic E-state index is 0.187. The quantitative estimate of drug-likeness (QED) is 0.771. The molecule has 1 atom stereocenters. The zero-order valence-electron chi connectivity index (χ0n) is 7.54. The van der Waals surface area contributed by atoms with E-state index in [9.17, 15) is 0 Å². The van der Waals surface area contributed by atoms with Gasteiger partial charge in [-0.3, -0.25) is 0 Å². The molecule has 1 aliphatic rings. The third-order valence-electron chi connectivity index (χ3n) is 2.89. The molecule has 1 saturated carbocycles. The summed E-state index contributed by atoms with van der Waals surface area (Å²) in [6.45, 7) is 0. The predicted molar refractivity (Wildman–Crippen MR) is 55.7 cm³/mol. The van der Waals surface area contributed by atoms with Crippen LogP contribution in [-0.4, -0.2) is 0 Å². The highest BCUT2D eigenvalue weighted by Crippen LogP contribution is 2.36. The van der Waals surface area contributed by atoms with Crippen LogP contribution in [0.15, 0.2) is 24.3 Å². The molecule has 0 spiro atoms. The molecular weight excluding hydrogens is 182 g/mol. The summed E-state index contributed by atoms with van der Waals surface area (Å²) in [7, 11) is 0. The van der Waals surface area contributed by atoms with Crippen molar-refractivity contribution in [1.82, 2.24) is 0 Å². The Balaban J connectivity index is 2.14. The molecule has 2 N–H and O–H groups in total.